The van der Waals surface area contributed by atoms with Crippen LogP contribution >= 0.6 is 0 Å². The molecule has 0 aliphatic carbocycles. The third-order valence-electron chi connectivity index (χ3n) is 10.5. The summed E-state index contributed by atoms with van der Waals surface area (Å²) in [6.07, 6.45) is 0. The summed E-state index contributed by atoms with van der Waals surface area (Å²) in [7, 11) is 0. The molecular formula is C52H35NO. The number of hydrogen-bond donors (Lipinski definition) is 0. The molecule has 0 unspecified atom stereocenters. The van der Waals surface area contributed by atoms with Crippen LogP contribution < -0.4 is 9.64 Å². The van der Waals surface area contributed by atoms with E-state index in [0.717, 1.165) is 73.1 Å². The van der Waals surface area contributed by atoms with Gasteiger partial charge in [0, 0.05) is 27.9 Å². The summed E-state index contributed by atoms with van der Waals surface area (Å²) in [6, 6.07) is 75.7. The zero-order valence-corrected chi connectivity index (χ0v) is 29.6. The van der Waals surface area contributed by atoms with Crippen molar-refractivity contribution in [1.29, 1.82) is 0 Å². The van der Waals surface area contributed by atoms with Crippen LogP contribution in [0.1, 0.15) is 0 Å². The summed E-state index contributed by atoms with van der Waals surface area (Å²) in [5.74, 6) is 1.67. The average molecular weight is 690 g/mol. The molecule has 2 nitrogen and oxygen atoms in total. The van der Waals surface area contributed by atoms with E-state index in [1.54, 1.807) is 0 Å². The Morgan fingerprint density at radius 3 is 1.52 bits per heavy atom. The van der Waals surface area contributed by atoms with Crippen LogP contribution in [0.25, 0.3) is 66.4 Å². The number of para-hydroxylation sites is 2. The molecule has 0 N–H and O–H groups in total. The summed E-state index contributed by atoms with van der Waals surface area (Å²) in [4.78, 5) is 2.41. The fourth-order valence-corrected chi connectivity index (χ4v) is 7.92. The van der Waals surface area contributed by atoms with Crippen molar-refractivity contribution in [2.24, 2.45) is 0 Å². The van der Waals surface area contributed by atoms with Crippen molar-refractivity contribution in [2.45, 2.75) is 0 Å². The largest absolute Gasteiger partial charge is 0.455 e. The summed E-state index contributed by atoms with van der Waals surface area (Å²) in [6.45, 7) is 0. The number of anilines is 3. The number of rotatable bonds is 6. The van der Waals surface area contributed by atoms with Gasteiger partial charge in [-0.3, -0.25) is 0 Å². The Kier molecular flexibility index (Phi) is 7.85. The SMILES string of the molecule is c1ccc(-c2ccc(N(c3ccccc3-c3ccccc3)c3cccc4c3-c3cc5ccccc5cc3-c3cccc(-c5ccccc5)c3O4)cc2)cc1. The summed E-state index contributed by atoms with van der Waals surface area (Å²) < 4.78 is 7.22. The highest BCUT2D eigenvalue weighted by Gasteiger charge is 2.29. The Morgan fingerprint density at radius 1 is 0.315 bits per heavy atom. The fourth-order valence-electron chi connectivity index (χ4n) is 7.92. The molecule has 0 spiro atoms. The molecule has 0 radical (unpaired) electrons. The van der Waals surface area contributed by atoms with E-state index in [1.807, 2.05) is 0 Å². The third-order valence-corrected chi connectivity index (χ3v) is 10.5. The number of benzene rings is 9. The van der Waals surface area contributed by atoms with Gasteiger partial charge in [0.2, 0.25) is 0 Å². The van der Waals surface area contributed by atoms with Crippen LogP contribution in [-0.4, -0.2) is 0 Å². The highest BCUT2D eigenvalue weighted by molar-refractivity contribution is 6.06. The van der Waals surface area contributed by atoms with Crippen LogP contribution in [0.5, 0.6) is 11.5 Å². The summed E-state index contributed by atoms with van der Waals surface area (Å²) in [5.41, 5.74) is 14.4. The first-order valence-electron chi connectivity index (χ1n) is 18.4. The lowest BCUT2D eigenvalue weighted by molar-refractivity contribution is 0.489. The molecule has 0 bridgehead atoms. The molecule has 0 saturated heterocycles. The number of nitrogens with zero attached hydrogens (tertiary/aromatic N) is 1. The molecule has 9 aromatic rings. The minimum Gasteiger partial charge on any atom is -0.455 e. The molecule has 0 aromatic heterocycles. The molecule has 9 aromatic carbocycles. The Morgan fingerprint density at radius 2 is 0.815 bits per heavy atom. The zero-order valence-electron chi connectivity index (χ0n) is 29.6. The van der Waals surface area contributed by atoms with Crippen LogP contribution in [0, 0.1) is 0 Å². The Labute approximate surface area is 315 Å². The zero-order chi connectivity index (χ0) is 35.8. The predicted octanol–water partition coefficient (Wildman–Crippen LogP) is 14.8. The lowest BCUT2D eigenvalue weighted by Crippen LogP contribution is -2.13. The van der Waals surface area contributed by atoms with E-state index in [2.05, 4.69) is 217 Å². The van der Waals surface area contributed by atoms with E-state index in [9.17, 15) is 0 Å². The van der Waals surface area contributed by atoms with Crippen molar-refractivity contribution in [3.8, 4) is 67.1 Å². The maximum absolute atomic E-state index is 7.22. The molecule has 1 aliphatic rings. The highest BCUT2D eigenvalue weighted by atomic mass is 16.5. The molecule has 0 amide bonds. The minimum absolute atomic E-state index is 0.814. The van der Waals surface area contributed by atoms with Crippen LogP contribution in [-0.2, 0) is 0 Å². The molecule has 0 atom stereocenters. The lowest BCUT2D eigenvalue weighted by Gasteiger charge is -2.30. The average Bonchev–Trinajstić information content (AvgIpc) is 3.39. The van der Waals surface area contributed by atoms with Crippen molar-refractivity contribution in [3.63, 3.8) is 0 Å². The molecule has 1 heterocycles. The van der Waals surface area contributed by atoms with Crippen LogP contribution in [0.2, 0.25) is 0 Å². The van der Waals surface area contributed by atoms with Crippen LogP contribution in [0.4, 0.5) is 17.1 Å². The highest BCUT2D eigenvalue weighted by Crippen LogP contribution is 2.55. The molecule has 1 aliphatic heterocycles. The minimum atomic E-state index is 0.814. The fraction of sp³-hybridized carbons (Fsp3) is 0. The standard InChI is InChI=1S/C52H35NO/c1-4-16-36(17-5-1)37-30-32-42(33-31-37)53(48-27-13-12-24-43(48)38-18-6-2-7-19-38)49-28-15-29-50-51(49)47-35-41-23-11-10-22-40(41)34-46(47)45-26-14-25-44(52(45)54-50)39-20-8-3-9-21-39/h1-35H. The second-order valence-corrected chi connectivity index (χ2v) is 13.7. The first kappa shape index (κ1) is 31.6. The maximum Gasteiger partial charge on any atom is 0.143 e. The normalized spacial score (nSPS) is 11.5. The van der Waals surface area contributed by atoms with E-state index >= 15 is 0 Å². The van der Waals surface area contributed by atoms with Gasteiger partial charge in [0.25, 0.3) is 0 Å². The van der Waals surface area contributed by atoms with Crippen LogP contribution in [0.15, 0.2) is 212 Å². The van der Waals surface area contributed by atoms with E-state index < -0.39 is 0 Å². The third kappa shape index (κ3) is 5.53. The van der Waals surface area contributed by atoms with E-state index in [0.29, 0.717) is 0 Å². The molecule has 2 heteroatoms. The van der Waals surface area contributed by atoms with Crippen molar-refractivity contribution in [2.75, 3.05) is 4.90 Å². The van der Waals surface area contributed by atoms with Gasteiger partial charge in [-0.15, -0.1) is 0 Å². The first-order chi connectivity index (χ1) is 26.8. The second-order valence-electron chi connectivity index (χ2n) is 13.7. The predicted molar refractivity (Wildman–Crippen MR) is 226 cm³/mol. The van der Waals surface area contributed by atoms with Gasteiger partial charge < -0.3 is 9.64 Å². The van der Waals surface area contributed by atoms with Crippen molar-refractivity contribution >= 4 is 27.8 Å². The van der Waals surface area contributed by atoms with E-state index in [-0.39, 0.29) is 0 Å². The smallest absolute Gasteiger partial charge is 0.143 e. The molecule has 54 heavy (non-hydrogen) atoms. The van der Waals surface area contributed by atoms with Gasteiger partial charge in [0.05, 0.1) is 11.4 Å². The molecule has 254 valence electrons. The Hall–Kier alpha value is -7.16. The molecular weight excluding hydrogens is 655 g/mol. The topological polar surface area (TPSA) is 12.5 Å². The number of fused-ring (bicyclic) bond motifs is 6. The first-order valence-corrected chi connectivity index (χ1v) is 18.4. The monoisotopic (exact) mass is 689 g/mol. The molecule has 0 saturated carbocycles. The molecule has 10 rings (SSSR count). The van der Waals surface area contributed by atoms with Gasteiger partial charge in [-0.1, -0.05) is 170 Å². The van der Waals surface area contributed by atoms with Crippen LogP contribution in [0.3, 0.4) is 0 Å². The van der Waals surface area contributed by atoms with Crippen molar-refractivity contribution < 1.29 is 4.74 Å². The maximum atomic E-state index is 7.22. The van der Waals surface area contributed by atoms with Gasteiger partial charge in [-0.05, 0) is 86.6 Å². The number of hydrogen-bond acceptors (Lipinski definition) is 2. The quantitative estimate of drug-likeness (QED) is 0.172. The van der Waals surface area contributed by atoms with Crippen molar-refractivity contribution in [1.82, 2.24) is 0 Å². The van der Waals surface area contributed by atoms with Gasteiger partial charge in [0.1, 0.15) is 11.5 Å². The van der Waals surface area contributed by atoms with Gasteiger partial charge in [-0.2, -0.15) is 0 Å². The Bertz CT molecular complexity index is 2770. The van der Waals surface area contributed by atoms with E-state index in [4.69, 9.17) is 4.74 Å². The second kappa shape index (κ2) is 13.4. The van der Waals surface area contributed by atoms with E-state index in [1.165, 1.54) is 21.9 Å². The van der Waals surface area contributed by atoms with Gasteiger partial charge in [0.15, 0.2) is 0 Å². The van der Waals surface area contributed by atoms with Gasteiger partial charge >= 0.3 is 0 Å². The number of ether oxygens (including phenoxy) is 1. The lowest BCUT2D eigenvalue weighted by atomic mass is 9.89. The summed E-state index contributed by atoms with van der Waals surface area (Å²) in [5, 5.41) is 2.37. The van der Waals surface area contributed by atoms with Crippen molar-refractivity contribution in [3.05, 3.63) is 212 Å². The summed E-state index contributed by atoms with van der Waals surface area (Å²) >= 11 is 0. The molecule has 0 fully saturated rings. The Balaban J connectivity index is 1.26. The van der Waals surface area contributed by atoms with Gasteiger partial charge in [-0.25, -0.2) is 0 Å².